The fraction of sp³-hybridized carbons (Fsp3) is 0.500. The lowest BCUT2D eigenvalue weighted by molar-refractivity contribution is 0.0995. The summed E-state index contributed by atoms with van der Waals surface area (Å²) in [7, 11) is 0. The summed E-state index contributed by atoms with van der Waals surface area (Å²) in [5, 5.41) is 0. The van der Waals surface area contributed by atoms with Gasteiger partial charge in [-0.1, -0.05) is 13.8 Å². The van der Waals surface area contributed by atoms with E-state index in [-0.39, 0.29) is 12.0 Å². The molecule has 1 heterocycles. The standard InChI is InChI=1S/C12H16N2O2/c1-7(2)10-11(16-8-3-4-8)9(12(13)15)5-6-14-10/h5-8H,3-4H2,1-2H3,(H2,13,15). The lowest BCUT2D eigenvalue weighted by Crippen LogP contribution is -2.16. The molecule has 0 aliphatic heterocycles. The highest BCUT2D eigenvalue weighted by Gasteiger charge is 2.27. The van der Waals surface area contributed by atoms with E-state index in [1.54, 1.807) is 12.3 Å². The number of amides is 1. The fourth-order valence-corrected chi connectivity index (χ4v) is 1.55. The Morgan fingerprint density at radius 2 is 2.25 bits per heavy atom. The van der Waals surface area contributed by atoms with E-state index in [0.717, 1.165) is 18.5 Å². The fourth-order valence-electron chi connectivity index (χ4n) is 1.55. The number of carbonyl (C=O) groups excluding carboxylic acids is 1. The average Bonchev–Trinajstić information content (AvgIpc) is 3.01. The second-order valence-corrected chi connectivity index (χ2v) is 4.41. The molecule has 2 rings (SSSR count). The van der Waals surface area contributed by atoms with Crippen LogP contribution in [0.15, 0.2) is 12.3 Å². The van der Waals surface area contributed by atoms with Gasteiger partial charge < -0.3 is 10.5 Å². The molecule has 1 aromatic heterocycles. The first-order valence-electron chi connectivity index (χ1n) is 5.55. The van der Waals surface area contributed by atoms with E-state index in [1.807, 2.05) is 13.8 Å². The van der Waals surface area contributed by atoms with Crippen LogP contribution in [0.2, 0.25) is 0 Å². The van der Waals surface area contributed by atoms with Crippen molar-refractivity contribution in [3.63, 3.8) is 0 Å². The van der Waals surface area contributed by atoms with Gasteiger partial charge >= 0.3 is 0 Å². The first kappa shape index (κ1) is 10.9. The van der Waals surface area contributed by atoms with Gasteiger partial charge in [-0.25, -0.2) is 0 Å². The van der Waals surface area contributed by atoms with Crippen LogP contribution in [0.25, 0.3) is 0 Å². The number of nitrogens with two attached hydrogens (primary N) is 1. The number of primary amides is 1. The number of ether oxygens (including phenoxy) is 1. The van der Waals surface area contributed by atoms with Gasteiger partial charge in [-0.05, 0) is 24.8 Å². The van der Waals surface area contributed by atoms with Gasteiger partial charge in [-0.2, -0.15) is 0 Å². The Bertz CT molecular complexity index is 411. The van der Waals surface area contributed by atoms with Crippen LogP contribution < -0.4 is 10.5 Å². The van der Waals surface area contributed by atoms with E-state index >= 15 is 0 Å². The van der Waals surface area contributed by atoms with Crippen molar-refractivity contribution >= 4 is 5.91 Å². The zero-order valence-electron chi connectivity index (χ0n) is 9.56. The van der Waals surface area contributed by atoms with Crippen LogP contribution in [0.3, 0.4) is 0 Å². The third kappa shape index (κ3) is 2.15. The van der Waals surface area contributed by atoms with Crippen LogP contribution >= 0.6 is 0 Å². The highest BCUT2D eigenvalue weighted by Crippen LogP contribution is 2.33. The zero-order valence-corrected chi connectivity index (χ0v) is 9.56. The van der Waals surface area contributed by atoms with E-state index in [9.17, 15) is 4.79 Å². The van der Waals surface area contributed by atoms with E-state index in [4.69, 9.17) is 10.5 Å². The molecular weight excluding hydrogens is 204 g/mol. The molecule has 1 amide bonds. The number of hydrogen-bond donors (Lipinski definition) is 1. The molecule has 0 aromatic carbocycles. The van der Waals surface area contributed by atoms with Crippen LogP contribution in [0.4, 0.5) is 0 Å². The molecule has 0 bridgehead atoms. The summed E-state index contributed by atoms with van der Waals surface area (Å²) < 4.78 is 5.75. The van der Waals surface area contributed by atoms with Crippen LogP contribution in [0, 0.1) is 0 Å². The number of carbonyl (C=O) groups is 1. The van der Waals surface area contributed by atoms with Gasteiger partial charge in [0.15, 0.2) is 5.75 Å². The Hall–Kier alpha value is -1.58. The Morgan fingerprint density at radius 1 is 1.56 bits per heavy atom. The maximum absolute atomic E-state index is 11.3. The van der Waals surface area contributed by atoms with Gasteiger partial charge in [0.1, 0.15) is 0 Å². The monoisotopic (exact) mass is 220 g/mol. The highest BCUT2D eigenvalue weighted by atomic mass is 16.5. The third-order valence-electron chi connectivity index (χ3n) is 2.55. The molecule has 1 saturated carbocycles. The van der Waals surface area contributed by atoms with Crippen molar-refractivity contribution in [1.82, 2.24) is 4.98 Å². The molecule has 16 heavy (non-hydrogen) atoms. The SMILES string of the molecule is CC(C)c1nccc(C(N)=O)c1OC1CC1. The number of nitrogens with zero attached hydrogens (tertiary/aromatic N) is 1. The van der Waals surface area contributed by atoms with E-state index in [2.05, 4.69) is 4.98 Å². The van der Waals surface area contributed by atoms with Crippen LogP contribution in [-0.2, 0) is 0 Å². The van der Waals surface area contributed by atoms with Gasteiger partial charge in [-0.15, -0.1) is 0 Å². The Kier molecular flexibility index (Phi) is 2.81. The van der Waals surface area contributed by atoms with Crippen molar-refractivity contribution in [3.05, 3.63) is 23.5 Å². The second-order valence-electron chi connectivity index (χ2n) is 4.41. The molecule has 86 valence electrons. The van der Waals surface area contributed by atoms with Crippen molar-refractivity contribution < 1.29 is 9.53 Å². The van der Waals surface area contributed by atoms with Crippen LogP contribution in [-0.4, -0.2) is 17.0 Å². The predicted octanol–water partition coefficient (Wildman–Crippen LogP) is 1.85. The van der Waals surface area contributed by atoms with Crippen molar-refractivity contribution in [3.8, 4) is 5.75 Å². The molecule has 0 radical (unpaired) electrons. The summed E-state index contributed by atoms with van der Waals surface area (Å²) in [6.07, 6.45) is 3.93. The van der Waals surface area contributed by atoms with Gasteiger partial charge in [0.2, 0.25) is 0 Å². The smallest absolute Gasteiger partial charge is 0.252 e. The molecule has 1 aliphatic carbocycles. The van der Waals surface area contributed by atoms with Gasteiger partial charge in [-0.3, -0.25) is 9.78 Å². The van der Waals surface area contributed by atoms with Crippen molar-refractivity contribution in [2.45, 2.75) is 38.7 Å². The van der Waals surface area contributed by atoms with Crippen molar-refractivity contribution in [2.75, 3.05) is 0 Å². The number of aromatic nitrogens is 1. The lowest BCUT2D eigenvalue weighted by Gasteiger charge is -2.15. The molecule has 2 N–H and O–H groups in total. The van der Waals surface area contributed by atoms with E-state index in [0.29, 0.717) is 11.3 Å². The first-order valence-corrected chi connectivity index (χ1v) is 5.55. The molecule has 1 fully saturated rings. The molecular formula is C12H16N2O2. The summed E-state index contributed by atoms with van der Waals surface area (Å²) in [5.41, 5.74) is 6.58. The number of pyridine rings is 1. The summed E-state index contributed by atoms with van der Waals surface area (Å²) in [4.78, 5) is 15.6. The quantitative estimate of drug-likeness (QED) is 0.842. The summed E-state index contributed by atoms with van der Waals surface area (Å²) in [6.45, 7) is 4.04. The molecule has 4 nitrogen and oxygen atoms in total. The minimum absolute atomic E-state index is 0.216. The molecule has 0 unspecified atom stereocenters. The Morgan fingerprint density at radius 3 is 2.75 bits per heavy atom. The third-order valence-corrected chi connectivity index (χ3v) is 2.55. The Balaban J connectivity index is 2.42. The molecule has 1 aliphatic rings. The second kappa shape index (κ2) is 4.12. The van der Waals surface area contributed by atoms with Gasteiger partial charge in [0.05, 0.1) is 17.4 Å². The minimum Gasteiger partial charge on any atom is -0.488 e. The first-order chi connectivity index (χ1) is 7.59. The van der Waals surface area contributed by atoms with E-state index in [1.165, 1.54) is 0 Å². The summed E-state index contributed by atoms with van der Waals surface area (Å²) in [5.74, 6) is 0.334. The minimum atomic E-state index is -0.458. The lowest BCUT2D eigenvalue weighted by atomic mass is 10.1. The molecule has 0 atom stereocenters. The summed E-state index contributed by atoms with van der Waals surface area (Å²) >= 11 is 0. The maximum atomic E-state index is 11.3. The van der Waals surface area contributed by atoms with E-state index < -0.39 is 5.91 Å². The average molecular weight is 220 g/mol. The molecule has 4 heteroatoms. The summed E-state index contributed by atoms with van der Waals surface area (Å²) in [6, 6.07) is 1.62. The van der Waals surface area contributed by atoms with Crippen molar-refractivity contribution in [2.24, 2.45) is 5.73 Å². The number of hydrogen-bond acceptors (Lipinski definition) is 3. The van der Waals surface area contributed by atoms with Crippen molar-refractivity contribution in [1.29, 1.82) is 0 Å². The van der Waals surface area contributed by atoms with Gasteiger partial charge in [0.25, 0.3) is 5.91 Å². The topological polar surface area (TPSA) is 65.2 Å². The predicted molar refractivity (Wildman–Crippen MR) is 60.5 cm³/mol. The molecule has 1 aromatic rings. The normalized spacial score (nSPS) is 15.2. The molecule has 0 spiro atoms. The highest BCUT2D eigenvalue weighted by molar-refractivity contribution is 5.95. The van der Waals surface area contributed by atoms with Crippen LogP contribution in [0.1, 0.15) is 48.7 Å². The van der Waals surface area contributed by atoms with Crippen LogP contribution in [0.5, 0.6) is 5.75 Å². The molecule has 0 saturated heterocycles. The number of rotatable bonds is 4. The van der Waals surface area contributed by atoms with Gasteiger partial charge in [0, 0.05) is 6.20 Å². The largest absolute Gasteiger partial charge is 0.488 e. The Labute approximate surface area is 94.8 Å². The zero-order chi connectivity index (χ0) is 11.7. The maximum Gasteiger partial charge on any atom is 0.252 e.